The van der Waals surface area contributed by atoms with Crippen LogP contribution in [-0.2, 0) is 0 Å². The number of hydrogen-bond acceptors (Lipinski definition) is 5. The van der Waals surface area contributed by atoms with Crippen LogP contribution in [0.5, 0.6) is 0 Å². The predicted octanol–water partition coefficient (Wildman–Crippen LogP) is 2.75. The first kappa shape index (κ1) is 15.0. The van der Waals surface area contributed by atoms with E-state index in [0.717, 1.165) is 49.4 Å². The van der Waals surface area contributed by atoms with Crippen LogP contribution in [0.1, 0.15) is 57.9 Å². The molecule has 2 rings (SSSR count). The molecule has 112 valence electrons. The second-order valence-corrected chi connectivity index (χ2v) is 5.94. The second kappa shape index (κ2) is 6.39. The van der Waals surface area contributed by atoms with E-state index in [1.54, 1.807) is 6.33 Å². The van der Waals surface area contributed by atoms with E-state index < -0.39 is 0 Å². The molecule has 1 aromatic heterocycles. The topological polar surface area (TPSA) is 70.1 Å². The molecule has 0 atom stereocenters. The minimum absolute atomic E-state index is 0.158. The first-order valence-corrected chi connectivity index (χ1v) is 7.59. The molecule has 0 aliphatic heterocycles. The summed E-state index contributed by atoms with van der Waals surface area (Å²) in [7, 11) is 0. The van der Waals surface area contributed by atoms with E-state index in [2.05, 4.69) is 41.4 Å². The van der Waals surface area contributed by atoms with Gasteiger partial charge in [0.15, 0.2) is 0 Å². The van der Waals surface area contributed by atoms with Crippen LogP contribution in [0, 0.1) is 0 Å². The molecule has 1 heterocycles. The van der Waals surface area contributed by atoms with Crippen LogP contribution in [0.25, 0.3) is 0 Å². The van der Waals surface area contributed by atoms with Gasteiger partial charge in [0.25, 0.3) is 0 Å². The van der Waals surface area contributed by atoms with Crippen molar-refractivity contribution >= 4 is 11.6 Å². The van der Waals surface area contributed by atoms with Gasteiger partial charge in [0.2, 0.25) is 0 Å². The molecule has 1 saturated carbocycles. The van der Waals surface area contributed by atoms with Crippen LogP contribution in [0.4, 0.5) is 11.6 Å². The number of nitrogens with zero attached hydrogens (tertiary/aromatic N) is 2. The van der Waals surface area contributed by atoms with Crippen LogP contribution < -0.4 is 10.6 Å². The van der Waals surface area contributed by atoms with Crippen molar-refractivity contribution in [2.45, 2.75) is 57.9 Å². The molecule has 1 aromatic rings. The molecule has 5 nitrogen and oxygen atoms in total. The van der Waals surface area contributed by atoms with Gasteiger partial charge in [-0.1, -0.05) is 26.7 Å². The second-order valence-electron chi connectivity index (χ2n) is 5.94. The van der Waals surface area contributed by atoms with Crippen LogP contribution in [-0.4, -0.2) is 33.8 Å². The van der Waals surface area contributed by atoms with Gasteiger partial charge in [-0.25, -0.2) is 9.97 Å². The van der Waals surface area contributed by atoms with E-state index in [0.29, 0.717) is 5.92 Å². The van der Waals surface area contributed by atoms with Crippen molar-refractivity contribution in [1.82, 2.24) is 9.97 Å². The number of nitrogens with one attached hydrogen (secondary N) is 2. The molecule has 0 bridgehead atoms. The smallest absolute Gasteiger partial charge is 0.135 e. The minimum atomic E-state index is -0.207. The summed E-state index contributed by atoms with van der Waals surface area (Å²) in [5, 5.41) is 16.6. The molecule has 20 heavy (non-hydrogen) atoms. The largest absolute Gasteiger partial charge is 0.394 e. The monoisotopic (exact) mass is 278 g/mol. The highest BCUT2D eigenvalue weighted by molar-refractivity contribution is 5.60. The lowest BCUT2D eigenvalue weighted by atomic mass is 9.97. The van der Waals surface area contributed by atoms with E-state index >= 15 is 0 Å². The quantitative estimate of drug-likeness (QED) is 0.746. The van der Waals surface area contributed by atoms with Gasteiger partial charge >= 0.3 is 0 Å². The first-order chi connectivity index (χ1) is 9.62. The van der Waals surface area contributed by atoms with Crippen LogP contribution >= 0.6 is 0 Å². The van der Waals surface area contributed by atoms with E-state index in [1.165, 1.54) is 0 Å². The standard InChI is InChI=1S/C15H26N4O/c1-4-16-13-12(11(2)3)14(18-10-17-13)19-15(9-20)7-5-6-8-15/h10-11,20H,4-9H2,1-3H3,(H2,16,17,18,19). The molecule has 0 unspecified atom stereocenters. The highest BCUT2D eigenvalue weighted by atomic mass is 16.3. The molecule has 1 aliphatic rings. The summed E-state index contributed by atoms with van der Waals surface area (Å²) in [6.45, 7) is 7.34. The summed E-state index contributed by atoms with van der Waals surface area (Å²) in [6.07, 6.45) is 5.92. The van der Waals surface area contributed by atoms with Crippen molar-refractivity contribution in [3.8, 4) is 0 Å². The molecule has 5 heteroatoms. The molecular weight excluding hydrogens is 252 g/mol. The Labute approximate surface area is 121 Å². The first-order valence-electron chi connectivity index (χ1n) is 7.59. The van der Waals surface area contributed by atoms with Crippen molar-refractivity contribution < 1.29 is 5.11 Å². The van der Waals surface area contributed by atoms with Crippen LogP contribution in [0.3, 0.4) is 0 Å². The summed E-state index contributed by atoms with van der Waals surface area (Å²) in [4.78, 5) is 8.77. The average Bonchev–Trinajstić information content (AvgIpc) is 2.88. The highest BCUT2D eigenvalue weighted by Gasteiger charge is 2.34. The molecule has 0 saturated heterocycles. The zero-order chi connectivity index (χ0) is 14.6. The van der Waals surface area contributed by atoms with Gasteiger partial charge in [0.1, 0.15) is 18.0 Å². The molecule has 0 radical (unpaired) electrons. The van der Waals surface area contributed by atoms with E-state index in [-0.39, 0.29) is 12.1 Å². The lowest BCUT2D eigenvalue weighted by molar-refractivity contribution is 0.213. The van der Waals surface area contributed by atoms with Gasteiger partial charge in [-0.05, 0) is 25.7 Å². The van der Waals surface area contributed by atoms with Crippen LogP contribution in [0.2, 0.25) is 0 Å². The Kier molecular flexibility index (Phi) is 4.81. The Balaban J connectivity index is 2.33. The molecule has 1 aliphatic carbocycles. The molecule has 3 N–H and O–H groups in total. The summed E-state index contributed by atoms with van der Waals surface area (Å²) >= 11 is 0. The lowest BCUT2D eigenvalue weighted by Gasteiger charge is -2.30. The number of rotatable bonds is 6. The maximum absolute atomic E-state index is 9.76. The minimum Gasteiger partial charge on any atom is -0.394 e. The molecular formula is C15H26N4O. The fraction of sp³-hybridized carbons (Fsp3) is 0.733. The summed E-state index contributed by atoms with van der Waals surface area (Å²) < 4.78 is 0. The molecule has 0 spiro atoms. The maximum atomic E-state index is 9.76. The maximum Gasteiger partial charge on any atom is 0.135 e. The number of aliphatic hydroxyl groups excluding tert-OH is 1. The number of anilines is 2. The zero-order valence-electron chi connectivity index (χ0n) is 12.7. The van der Waals surface area contributed by atoms with Crippen molar-refractivity contribution in [1.29, 1.82) is 0 Å². The third-order valence-electron chi connectivity index (χ3n) is 4.05. The summed E-state index contributed by atoms with van der Waals surface area (Å²) in [5.74, 6) is 2.08. The average molecular weight is 278 g/mol. The Morgan fingerprint density at radius 2 is 1.90 bits per heavy atom. The predicted molar refractivity (Wildman–Crippen MR) is 82.2 cm³/mol. The lowest BCUT2D eigenvalue weighted by Crippen LogP contribution is -2.39. The van der Waals surface area contributed by atoms with E-state index in [9.17, 15) is 5.11 Å². The SMILES string of the molecule is CCNc1ncnc(NC2(CO)CCCC2)c1C(C)C. The van der Waals surface area contributed by atoms with Gasteiger partial charge < -0.3 is 15.7 Å². The third-order valence-corrected chi connectivity index (χ3v) is 4.05. The number of hydrogen-bond donors (Lipinski definition) is 3. The fourth-order valence-electron chi connectivity index (χ4n) is 2.98. The van der Waals surface area contributed by atoms with Gasteiger partial charge in [-0.15, -0.1) is 0 Å². The molecule has 0 aromatic carbocycles. The van der Waals surface area contributed by atoms with Gasteiger partial charge in [-0.2, -0.15) is 0 Å². The zero-order valence-corrected chi connectivity index (χ0v) is 12.7. The normalized spacial score (nSPS) is 17.4. The number of aromatic nitrogens is 2. The van der Waals surface area contributed by atoms with Crippen LogP contribution in [0.15, 0.2) is 6.33 Å². The Hall–Kier alpha value is -1.36. The summed E-state index contributed by atoms with van der Waals surface area (Å²) in [6, 6.07) is 0. The Morgan fingerprint density at radius 1 is 1.25 bits per heavy atom. The summed E-state index contributed by atoms with van der Waals surface area (Å²) in [5.41, 5.74) is 0.899. The van der Waals surface area contributed by atoms with Gasteiger partial charge in [0, 0.05) is 12.1 Å². The van der Waals surface area contributed by atoms with E-state index in [1.807, 2.05) is 0 Å². The molecule has 0 amide bonds. The Morgan fingerprint density at radius 3 is 2.45 bits per heavy atom. The highest BCUT2D eigenvalue weighted by Crippen LogP contribution is 2.36. The fourth-order valence-corrected chi connectivity index (χ4v) is 2.98. The Bertz CT molecular complexity index is 441. The van der Waals surface area contributed by atoms with Crippen molar-refractivity contribution in [3.05, 3.63) is 11.9 Å². The van der Waals surface area contributed by atoms with E-state index in [4.69, 9.17) is 0 Å². The number of aliphatic hydroxyl groups is 1. The molecule has 1 fully saturated rings. The van der Waals surface area contributed by atoms with Crippen molar-refractivity contribution in [3.63, 3.8) is 0 Å². The van der Waals surface area contributed by atoms with Crippen molar-refractivity contribution in [2.24, 2.45) is 0 Å². The van der Waals surface area contributed by atoms with Gasteiger partial charge in [0.05, 0.1) is 12.1 Å². The third kappa shape index (κ3) is 3.03. The van der Waals surface area contributed by atoms with Crippen molar-refractivity contribution in [2.75, 3.05) is 23.8 Å². The van der Waals surface area contributed by atoms with Gasteiger partial charge in [-0.3, -0.25) is 0 Å².